The van der Waals surface area contributed by atoms with Crippen LogP contribution >= 0.6 is 0 Å². The van der Waals surface area contributed by atoms with Gasteiger partial charge in [-0.2, -0.15) is 0 Å². The van der Waals surface area contributed by atoms with Gasteiger partial charge in [-0.1, -0.05) is 48.5 Å². The first-order chi connectivity index (χ1) is 14.5. The van der Waals surface area contributed by atoms with E-state index < -0.39 is 18.3 Å². The fourth-order valence-electron chi connectivity index (χ4n) is 3.77. The first kappa shape index (κ1) is 19.9. The van der Waals surface area contributed by atoms with Crippen molar-refractivity contribution in [2.75, 3.05) is 18.9 Å². The lowest BCUT2D eigenvalue weighted by Crippen LogP contribution is -2.36. The van der Waals surface area contributed by atoms with Gasteiger partial charge in [-0.3, -0.25) is 4.98 Å². The average Bonchev–Trinajstić information content (AvgIpc) is 3.09. The van der Waals surface area contributed by atoms with Gasteiger partial charge in [0.1, 0.15) is 18.8 Å². The summed E-state index contributed by atoms with van der Waals surface area (Å²) in [4.78, 5) is 16.2. The predicted molar refractivity (Wildman–Crippen MR) is 113 cm³/mol. The normalized spacial score (nSPS) is 14.5. The van der Waals surface area contributed by atoms with Gasteiger partial charge in [-0.15, -0.1) is 0 Å². The lowest BCUT2D eigenvalue weighted by Gasteiger charge is -2.19. The number of ether oxygens (including phenoxy) is 1. The maximum Gasteiger partial charge on any atom is 0.407 e. The van der Waals surface area contributed by atoms with Gasteiger partial charge in [0.25, 0.3) is 0 Å². The monoisotopic (exact) mass is 405 g/mol. The minimum absolute atomic E-state index is 0.0462. The summed E-state index contributed by atoms with van der Waals surface area (Å²) in [6.07, 6.45) is -1.75. The van der Waals surface area contributed by atoms with Crippen molar-refractivity contribution in [2.24, 2.45) is 0 Å². The van der Waals surface area contributed by atoms with Crippen LogP contribution < -0.4 is 11.1 Å². The molecule has 0 bridgehead atoms. The number of rotatable bonds is 6. The number of nitrogens with zero attached hydrogens (tertiary/aromatic N) is 1. The van der Waals surface area contributed by atoms with Gasteiger partial charge >= 0.3 is 6.09 Å². The first-order valence-corrected chi connectivity index (χ1v) is 9.71. The number of carbonyl (C=O) groups excluding carboxylic acids is 1. The van der Waals surface area contributed by atoms with Crippen molar-refractivity contribution in [2.45, 2.75) is 18.1 Å². The lowest BCUT2D eigenvalue weighted by atomic mass is 9.98. The molecule has 0 spiro atoms. The Kier molecular flexibility index (Phi) is 5.65. The number of nitrogen functional groups attached to an aromatic ring is 1. The molecule has 3 aromatic rings. The highest BCUT2D eigenvalue weighted by Crippen LogP contribution is 2.44. The van der Waals surface area contributed by atoms with Crippen molar-refractivity contribution in [3.05, 3.63) is 83.7 Å². The van der Waals surface area contributed by atoms with Crippen LogP contribution in [-0.4, -0.2) is 40.5 Å². The highest BCUT2D eigenvalue weighted by atomic mass is 16.5. The molecular weight excluding hydrogens is 382 g/mol. The second-order valence-corrected chi connectivity index (χ2v) is 7.23. The Labute approximate surface area is 174 Å². The van der Waals surface area contributed by atoms with Gasteiger partial charge in [-0.25, -0.2) is 4.79 Å². The summed E-state index contributed by atoms with van der Waals surface area (Å²) in [5, 5.41) is 22.8. The quantitative estimate of drug-likeness (QED) is 0.501. The lowest BCUT2D eigenvalue weighted by molar-refractivity contribution is 0.0161. The number of nitrogens with one attached hydrogen (secondary N) is 1. The molecule has 0 aliphatic heterocycles. The summed E-state index contributed by atoms with van der Waals surface area (Å²) in [5.74, 6) is -0.0462. The fraction of sp³-hybridized carbons (Fsp3) is 0.217. The Morgan fingerprint density at radius 3 is 2.33 bits per heavy atom. The van der Waals surface area contributed by atoms with Gasteiger partial charge in [0, 0.05) is 24.3 Å². The number of hydrogen-bond donors (Lipinski definition) is 4. The van der Waals surface area contributed by atoms with Crippen LogP contribution in [0.25, 0.3) is 11.1 Å². The molecule has 2 unspecified atom stereocenters. The molecule has 0 fully saturated rings. The van der Waals surface area contributed by atoms with E-state index in [1.54, 1.807) is 6.07 Å². The molecule has 2 aromatic carbocycles. The number of nitrogens with two attached hydrogens (primary N) is 1. The van der Waals surface area contributed by atoms with Crippen molar-refractivity contribution in [3.63, 3.8) is 0 Å². The zero-order valence-electron chi connectivity index (χ0n) is 16.2. The molecule has 1 aliphatic rings. The molecule has 5 N–H and O–H groups in total. The number of carbonyl (C=O) groups is 1. The molecule has 0 saturated carbocycles. The average molecular weight is 405 g/mol. The van der Waals surface area contributed by atoms with E-state index in [2.05, 4.69) is 22.4 Å². The smallest absolute Gasteiger partial charge is 0.407 e. The zero-order valence-corrected chi connectivity index (χ0v) is 16.2. The van der Waals surface area contributed by atoms with E-state index in [0.29, 0.717) is 5.69 Å². The van der Waals surface area contributed by atoms with E-state index >= 15 is 0 Å². The molecule has 154 valence electrons. The summed E-state index contributed by atoms with van der Waals surface area (Å²) in [6, 6.07) is 19.2. The van der Waals surface area contributed by atoms with Crippen molar-refractivity contribution in [1.29, 1.82) is 0 Å². The SMILES string of the molecule is Nc1ccnc(C(O)C(O)CNC(=O)OCC2c3ccccc3-c3ccccc32)c1. The molecule has 0 saturated heterocycles. The molecule has 1 aliphatic carbocycles. The Balaban J connectivity index is 1.34. The van der Waals surface area contributed by atoms with Crippen LogP contribution in [0.15, 0.2) is 66.9 Å². The van der Waals surface area contributed by atoms with Crippen LogP contribution in [0.3, 0.4) is 0 Å². The number of pyridine rings is 1. The van der Waals surface area contributed by atoms with Gasteiger partial charge in [0.2, 0.25) is 0 Å². The first-order valence-electron chi connectivity index (χ1n) is 9.71. The predicted octanol–water partition coefficient (Wildman–Crippen LogP) is 2.60. The molecule has 1 heterocycles. The Morgan fingerprint density at radius 2 is 1.70 bits per heavy atom. The molecule has 2 atom stereocenters. The van der Waals surface area contributed by atoms with Gasteiger partial charge < -0.3 is 26.0 Å². The van der Waals surface area contributed by atoms with E-state index in [9.17, 15) is 15.0 Å². The molecule has 1 aromatic heterocycles. The van der Waals surface area contributed by atoms with Crippen molar-refractivity contribution in [1.82, 2.24) is 10.3 Å². The molecule has 7 heteroatoms. The van der Waals surface area contributed by atoms with Crippen LogP contribution in [0.5, 0.6) is 0 Å². The molecule has 30 heavy (non-hydrogen) atoms. The number of anilines is 1. The molecule has 0 radical (unpaired) electrons. The number of alkyl carbamates (subject to hydrolysis) is 1. The molecular formula is C23H23N3O4. The standard InChI is InChI=1S/C23H23N3O4/c24-14-9-10-25-20(11-14)22(28)21(27)12-26-23(29)30-13-19-17-7-3-1-5-15(17)16-6-2-4-8-18(16)19/h1-11,19,21-22,27-28H,12-13H2,(H2,24,25)(H,26,29). The van der Waals surface area contributed by atoms with Crippen LogP contribution in [0.2, 0.25) is 0 Å². The van der Waals surface area contributed by atoms with E-state index in [0.717, 1.165) is 22.3 Å². The van der Waals surface area contributed by atoms with Gasteiger partial charge in [0.15, 0.2) is 0 Å². The third-order valence-corrected chi connectivity index (χ3v) is 5.27. The van der Waals surface area contributed by atoms with Crippen molar-refractivity contribution in [3.8, 4) is 11.1 Å². The van der Waals surface area contributed by atoms with Crippen LogP contribution in [0.4, 0.5) is 10.5 Å². The summed E-state index contributed by atoms with van der Waals surface area (Å²) >= 11 is 0. The number of fused-ring (bicyclic) bond motifs is 3. The van der Waals surface area contributed by atoms with Crippen molar-refractivity contribution >= 4 is 11.8 Å². The molecule has 7 nitrogen and oxygen atoms in total. The molecule has 1 amide bonds. The Morgan fingerprint density at radius 1 is 1.07 bits per heavy atom. The number of amides is 1. The topological polar surface area (TPSA) is 118 Å². The summed E-state index contributed by atoms with van der Waals surface area (Å²) in [6.45, 7) is -0.0103. The second-order valence-electron chi connectivity index (χ2n) is 7.23. The maximum absolute atomic E-state index is 12.2. The minimum atomic E-state index is -1.28. The Bertz CT molecular complexity index is 1010. The van der Waals surface area contributed by atoms with E-state index in [-0.39, 0.29) is 24.8 Å². The van der Waals surface area contributed by atoms with Gasteiger partial charge in [-0.05, 0) is 34.4 Å². The number of aromatic nitrogens is 1. The zero-order chi connectivity index (χ0) is 21.1. The van der Waals surface area contributed by atoms with Crippen LogP contribution in [-0.2, 0) is 4.74 Å². The summed E-state index contributed by atoms with van der Waals surface area (Å²) in [7, 11) is 0. The number of hydrogen-bond acceptors (Lipinski definition) is 6. The van der Waals surface area contributed by atoms with E-state index in [4.69, 9.17) is 10.5 Å². The van der Waals surface area contributed by atoms with Crippen molar-refractivity contribution < 1.29 is 19.7 Å². The third kappa shape index (κ3) is 3.98. The second kappa shape index (κ2) is 8.52. The number of aliphatic hydroxyl groups is 2. The number of benzene rings is 2. The molecule has 4 rings (SSSR count). The summed E-state index contributed by atoms with van der Waals surface area (Å²) in [5.41, 5.74) is 10.9. The highest BCUT2D eigenvalue weighted by Gasteiger charge is 2.29. The highest BCUT2D eigenvalue weighted by molar-refractivity contribution is 5.79. The summed E-state index contributed by atoms with van der Waals surface area (Å²) < 4.78 is 5.42. The van der Waals surface area contributed by atoms with Crippen LogP contribution in [0.1, 0.15) is 28.8 Å². The largest absolute Gasteiger partial charge is 0.449 e. The minimum Gasteiger partial charge on any atom is -0.449 e. The van der Waals surface area contributed by atoms with E-state index in [1.165, 1.54) is 12.3 Å². The van der Waals surface area contributed by atoms with E-state index in [1.807, 2.05) is 36.4 Å². The van der Waals surface area contributed by atoms with Gasteiger partial charge in [0.05, 0.1) is 5.69 Å². The fourth-order valence-corrected chi connectivity index (χ4v) is 3.77. The number of aliphatic hydroxyl groups excluding tert-OH is 2. The maximum atomic E-state index is 12.2. The van der Waals surface area contributed by atoms with Crippen LogP contribution in [0, 0.1) is 0 Å². The third-order valence-electron chi connectivity index (χ3n) is 5.27. The Hall–Kier alpha value is -3.42.